The summed E-state index contributed by atoms with van der Waals surface area (Å²) in [5, 5.41) is 28.7. The summed E-state index contributed by atoms with van der Waals surface area (Å²) < 4.78 is 1.37. The Labute approximate surface area is 110 Å². The number of benzene rings is 1. The number of phenolic OH excluding ortho intramolecular Hbond substituents is 1. The Kier molecular flexibility index (Phi) is 3.57. The van der Waals surface area contributed by atoms with Gasteiger partial charge in [0.05, 0.1) is 12.6 Å². The van der Waals surface area contributed by atoms with Crippen LogP contribution in [0.15, 0.2) is 41.2 Å². The second-order valence-electron chi connectivity index (χ2n) is 4.41. The van der Waals surface area contributed by atoms with Crippen LogP contribution >= 0.6 is 0 Å². The lowest BCUT2D eigenvalue weighted by Gasteiger charge is -2.15. The van der Waals surface area contributed by atoms with Crippen molar-refractivity contribution in [1.82, 2.24) is 4.57 Å². The summed E-state index contributed by atoms with van der Waals surface area (Å²) in [6.45, 7) is 1.74. The fourth-order valence-corrected chi connectivity index (χ4v) is 1.96. The van der Waals surface area contributed by atoms with Gasteiger partial charge in [-0.05, 0) is 30.7 Å². The third kappa shape index (κ3) is 2.95. The first-order chi connectivity index (χ1) is 8.97. The number of nitrogens with zero attached hydrogens (tertiary/aromatic N) is 1. The second kappa shape index (κ2) is 5.16. The van der Waals surface area contributed by atoms with Gasteiger partial charge in [0.2, 0.25) is 0 Å². The van der Waals surface area contributed by atoms with Crippen molar-refractivity contribution in [2.75, 3.05) is 0 Å². The van der Waals surface area contributed by atoms with E-state index in [0.29, 0.717) is 11.3 Å². The number of aryl methyl sites for hydroxylation is 1. The Hall–Kier alpha value is -2.27. The van der Waals surface area contributed by atoms with Crippen molar-refractivity contribution in [2.45, 2.75) is 19.6 Å². The number of rotatable bonds is 3. The molecule has 1 aromatic heterocycles. The van der Waals surface area contributed by atoms with Gasteiger partial charge in [-0.15, -0.1) is 0 Å². The number of hydrogen-bond acceptors (Lipinski definition) is 4. The number of phenols is 1. The molecule has 0 aliphatic carbocycles. The van der Waals surface area contributed by atoms with E-state index >= 15 is 0 Å². The van der Waals surface area contributed by atoms with E-state index in [2.05, 4.69) is 0 Å². The lowest BCUT2D eigenvalue weighted by molar-refractivity contribution is 0.153. The predicted molar refractivity (Wildman–Crippen MR) is 70.2 cm³/mol. The molecule has 2 aromatic rings. The van der Waals surface area contributed by atoms with Crippen molar-refractivity contribution in [3.8, 4) is 11.5 Å². The molecule has 0 aliphatic rings. The second-order valence-corrected chi connectivity index (χ2v) is 4.41. The van der Waals surface area contributed by atoms with Crippen LogP contribution in [-0.2, 0) is 6.54 Å². The SMILES string of the molecule is Cc1cc(O)cc(=O)n1CC(O)c1cccc(O)c1. The summed E-state index contributed by atoms with van der Waals surface area (Å²) in [6, 6.07) is 8.81. The molecule has 0 bridgehead atoms. The number of aromatic nitrogens is 1. The Morgan fingerprint density at radius 2 is 1.89 bits per heavy atom. The molecule has 3 N–H and O–H groups in total. The van der Waals surface area contributed by atoms with Crippen LogP contribution in [-0.4, -0.2) is 19.9 Å². The van der Waals surface area contributed by atoms with Gasteiger partial charge in [0.1, 0.15) is 11.5 Å². The van der Waals surface area contributed by atoms with Crippen molar-refractivity contribution in [1.29, 1.82) is 0 Å². The van der Waals surface area contributed by atoms with Crippen LogP contribution in [0.3, 0.4) is 0 Å². The van der Waals surface area contributed by atoms with Gasteiger partial charge in [0.25, 0.3) is 5.56 Å². The molecule has 5 heteroatoms. The average molecular weight is 261 g/mol. The number of aromatic hydroxyl groups is 2. The number of hydrogen-bond donors (Lipinski definition) is 3. The highest BCUT2D eigenvalue weighted by Crippen LogP contribution is 2.20. The van der Waals surface area contributed by atoms with E-state index in [1.807, 2.05) is 0 Å². The summed E-state index contributed by atoms with van der Waals surface area (Å²) in [4.78, 5) is 11.7. The molecule has 0 amide bonds. The van der Waals surface area contributed by atoms with Gasteiger partial charge in [-0.1, -0.05) is 12.1 Å². The fourth-order valence-electron chi connectivity index (χ4n) is 1.96. The maximum atomic E-state index is 11.7. The van der Waals surface area contributed by atoms with Gasteiger partial charge in [0.15, 0.2) is 0 Å². The topological polar surface area (TPSA) is 82.7 Å². The van der Waals surface area contributed by atoms with Crippen molar-refractivity contribution in [3.63, 3.8) is 0 Å². The molecule has 0 radical (unpaired) electrons. The Bertz CT molecular complexity index is 648. The smallest absolute Gasteiger partial charge is 0.254 e. The van der Waals surface area contributed by atoms with E-state index < -0.39 is 6.10 Å². The van der Waals surface area contributed by atoms with Crippen LogP contribution in [0.5, 0.6) is 11.5 Å². The minimum atomic E-state index is -0.909. The van der Waals surface area contributed by atoms with Crippen molar-refractivity contribution in [2.24, 2.45) is 0 Å². The molecule has 0 fully saturated rings. The highest BCUT2D eigenvalue weighted by molar-refractivity contribution is 5.29. The van der Waals surface area contributed by atoms with E-state index in [9.17, 15) is 20.1 Å². The monoisotopic (exact) mass is 261 g/mol. The Morgan fingerprint density at radius 3 is 2.53 bits per heavy atom. The van der Waals surface area contributed by atoms with Gasteiger partial charge >= 0.3 is 0 Å². The molecule has 100 valence electrons. The summed E-state index contributed by atoms with van der Waals surface area (Å²) in [5.41, 5.74) is 0.709. The first-order valence-electron chi connectivity index (χ1n) is 5.85. The first-order valence-corrected chi connectivity index (χ1v) is 5.85. The molecular weight excluding hydrogens is 246 g/mol. The zero-order valence-corrected chi connectivity index (χ0v) is 10.4. The Morgan fingerprint density at radius 1 is 1.16 bits per heavy atom. The van der Waals surface area contributed by atoms with Crippen LogP contribution < -0.4 is 5.56 Å². The van der Waals surface area contributed by atoms with E-state index in [1.165, 1.54) is 22.8 Å². The highest BCUT2D eigenvalue weighted by Gasteiger charge is 2.12. The highest BCUT2D eigenvalue weighted by atomic mass is 16.3. The summed E-state index contributed by atoms with van der Waals surface area (Å²) in [5.74, 6) is -0.0306. The fraction of sp³-hybridized carbons (Fsp3) is 0.214. The molecule has 1 atom stereocenters. The standard InChI is InChI=1S/C14H15NO4/c1-9-5-12(17)7-14(19)15(9)8-13(18)10-3-2-4-11(16)6-10/h2-7,13,16-18H,8H2,1H3. The van der Waals surface area contributed by atoms with Crippen LogP contribution in [0.25, 0.3) is 0 Å². The van der Waals surface area contributed by atoms with E-state index in [1.54, 1.807) is 19.1 Å². The largest absolute Gasteiger partial charge is 0.508 e. The van der Waals surface area contributed by atoms with Crippen molar-refractivity contribution < 1.29 is 15.3 Å². The van der Waals surface area contributed by atoms with Gasteiger partial charge in [-0.3, -0.25) is 4.79 Å². The molecule has 0 aliphatic heterocycles. The van der Waals surface area contributed by atoms with Crippen molar-refractivity contribution >= 4 is 0 Å². The molecule has 0 saturated heterocycles. The minimum Gasteiger partial charge on any atom is -0.508 e. The lowest BCUT2D eigenvalue weighted by Crippen LogP contribution is -2.24. The summed E-state index contributed by atoms with van der Waals surface area (Å²) in [7, 11) is 0. The van der Waals surface area contributed by atoms with E-state index in [4.69, 9.17) is 0 Å². The zero-order chi connectivity index (χ0) is 14.0. The molecule has 0 saturated carbocycles. The van der Waals surface area contributed by atoms with Crippen LogP contribution in [0.1, 0.15) is 17.4 Å². The normalized spacial score (nSPS) is 12.3. The maximum Gasteiger partial charge on any atom is 0.254 e. The molecule has 19 heavy (non-hydrogen) atoms. The van der Waals surface area contributed by atoms with Crippen LogP contribution in [0, 0.1) is 6.92 Å². The molecule has 2 rings (SSSR count). The lowest BCUT2D eigenvalue weighted by atomic mass is 10.1. The summed E-state index contributed by atoms with van der Waals surface area (Å²) in [6.07, 6.45) is -0.909. The van der Waals surface area contributed by atoms with Crippen molar-refractivity contribution in [3.05, 3.63) is 58.0 Å². The van der Waals surface area contributed by atoms with E-state index in [-0.39, 0.29) is 23.6 Å². The van der Waals surface area contributed by atoms with Gasteiger partial charge in [-0.25, -0.2) is 0 Å². The quantitative estimate of drug-likeness (QED) is 0.777. The molecule has 0 spiro atoms. The van der Waals surface area contributed by atoms with Crippen LogP contribution in [0.4, 0.5) is 0 Å². The van der Waals surface area contributed by atoms with Gasteiger partial charge in [-0.2, -0.15) is 0 Å². The molecule has 1 heterocycles. The van der Waals surface area contributed by atoms with Gasteiger partial charge in [0, 0.05) is 11.8 Å². The number of aliphatic hydroxyl groups is 1. The van der Waals surface area contributed by atoms with E-state index in [0.717, 1.165) is 6.07 Å². The third-order valence-electron chi connectivity index (χ3n) is 2.93. The molecule has 1 unspecified atom stereocenters. The predicted octanol–water partition coefficient (Wildman–Crippen LogP) is 1.30. The molecule has 5 nitrogen and oxygen atoms in total. The number of pyridine rings is 1. The van der Waals surface area contributed by atoms with Crippen LogP contribution in [0.2, 0.25) is 0 Å². The number of aliphatic hydroxyl groups excluding tert-OH is 1. The summed E-state index contributed by atoms with van der Waals surface area (Å²) >= 11 is 0. The van der Waals surface area contributed by atoms with Gasteiger partial charge < -0.3 is 19.9 Å². The third-order valence-corrected chi connectivity index (χ3v) is 2.93. The maximum absolute atomic E-state index is 11.7. The average Bonchev–Trinajstić information content (AvgIpc) is 2.33. The Balaban J connectivity index is 2.29. The first kappa shape index (κ1) is 13.2. The molecular formula is C14H15NO4. The minimum absolute atomic E-state index is 0.0614. The molecule has 1 aromatic carbocycles. The zero-order valence-electron chi connectivity index (χ0n) is 10.4.